The molecule has 3 aromatic rings. The van der Waals surface area contributed by atoms with Crippen LogP contribution in [0.15, 0.2) is 47.4 Å². The fourth-order valence-corrected chi connectivity index (χ4v) is 3.87. The third-order valence-corrected chi connectivity index (χ3v) is 5.80. The van der Waals surface area contributed by atoms with Crippen LogP contribution in [0.1, 0.15) is 18.3 Å². The van der Waals surface area contributed by atoms with E-state index in [0.717, 1.165) is 44.1 Å². The fraction of sp³-hybridized carbons (Fsp3) is 0.391. The van der Waals surface area contributed by atoms with Gasteiger partial charge in [-0.2, -0.15) is 0 Å². The largest absolute Gasteiger partial charge is 0.354 e. The van der Waals surface area contributed by atoms with E-state index in [1.807, 2.05) is 18.2 Å². The van der Waals surface area contributed by atoms with Crippen LogP contribution in [0.5, 0.6) is 0 Å². The van der Waals surface area contributed by atoms with Crippen molar-refractivity contribution in [3.8, 4) is 0 Å². The van der Waals surface area contributed by atoms with E-state index in [-0.39, 0.29) is 18.0 Å². The monoisotopic (exact) mass is 420 g/mol. The fourth-order valence-electron chi connectivity index (χ4n) is 3.87. The van der Waals surface area contributed by atoms with Crippen molar-refractivity contribution in [2.75, 3.05) is 37.6 Å². The van der Waals surface area contributed by atoms with Crippen molar-refractivity contribution < 1.29 is 4.79 Å². The Hall–Kier alpha value is -3.26. The van der Waals surface area contributed by atoms with E-state index in [1.165, 1.54) is 4.57 Å². The van der Waals surface area contributed by atoms with E-state index in [9.17, 15) is 9.59 Å². The summed E-state index contributed by atoms with van der Waals surface area (Å²) in [6.07, 6.45) is 1.80. The van der Waals surface area contributed by atoms with Crippen LogP contribution in [0.25, 0.3) is 10.9 Å². The Morgan fingerprint density at radius 1 is 1.10 bits per heavy atom. The minimum atomic E-state index is -0.234. The molecule has 0 saturated carbocycles. The quantitative estimate of drug-likeness (QED) is 0.652. The number of anilines is 1. The topological polar surface area (TPSA) is 83.4 Å². The SMILES string of the molecule is CCN1CCN(c2ccc(CNC(=O)Cn3c(C)nc4ccccc4c3=O)cn2)CC1. The molecule has 3 heterocycles. The molecule has 1 amide bonds. The lowest BCUT2D eigenvalue weighted by Gasteiger charge is -2.34. The van der Waals surface area contributed by atoms with Gasteiger partial charge in [-0.05, 0) is 37.2 Å². The van der Waals surface area contributed by atoms with Crippen molar-refractivity contribution in [2.24, 2.45) is 0 Å². The van der Waals surface area contributed by atoms with E-state index >= 15 is 0 Å². The van der Waals surface area contributed by atoms with Crippen molar-refractivity contribution in [3.05, 3.63) is 64.3 Å². The van der Waals surface area contributed by atoms with Crippen LogP contribution in [-0.2, 0) is 17.9 Å². The summed E-state index contributed by atoms with van der Waals surface area (Å²) >= 11 is 0. The van der Waals surface area contributed by atoms with Crippen LogP contribution in [-0.4, -0.2) is 58.1 Å². The number of pyridine rings is 1. The Labute approximate surface area is 181 Å². The highest BCUT2D eigenvalue weighted by atomic mass is 16.2. The molecule has 0 aliphatic carbocycles. The number of carbonyl (C=O) groups excluding carboxylic acids is 1. The maximum absolute atomic E-state index is 12.7. The Morgan fingerprint density at radius 2 is 1.87 bits per heavy atom. The van der Waals surface area contributed by atoms with Gasteiger partial charge in [-0.15, -0.1) is 0 Å². The molecule has 0 unspecified atom stereocenters. The van der Waals surface area contributed by atoms with Crippen LogP contribution in [0.4, 0.5) is 5.82 Å². The summed E-state index contributed by atoms with van der Waals surface area (Å²) in [5.41, 5.74) is 1.36. The van der Waals surface area contributed by atoms with Gasteiger partial charge in [0.1, 0.15) is 18.2 Å². The number of aromatic nitrogens is 3. The molecule has 2 aromatic heterocycles. The molecule has 8 nitrogen and oxygen atoms in total. The van der Waals surface area contributed by atoms with Gasteiger partial charge in [0, 0.05) is 38.9 Å². The highest BCUT2D eigenvalue weighted by molar-refractivity contribution is 5.79. The number of amides is 1. The molecule has 1 fully saturated rings. The smallest absolute Gasteiger partial charge is 0.261 e. The van der Waals surface area contributed by atoms with Crippen molar-refractivity contribution in [2.45, 2.75) is 26.9 Å². The molecule has 4 rings (SSSR count). The average molecular weight is 421 g/mol. The maximum atomic E-state index is 12.7. The summed E-state index contributed by atoms with van der Waals surface area (Å²) < 4.78 is 1.41. The second-order valence-electron chi connectivity index (χ2n) is 7.79. The van der Waals surface area contributed by atoms with Crippen molar-refractivity contribution in [3.63, 3.8) is 0 Å². The van der Waals surface area contributed by atoms with Gasteiger partial charge in [0.2, 0.25) is 5.91 Å². The number of nitrogens with one attached hydrogen (secondary N) is 1. The predicted octanol–water partition coefficient (Wildman–Crippen LogP) is 1.56. The minimum Gasteiger partial charge on any atom is -0.354 e. The summed E-state index contributed by atoms with van der Waals surface area (Å²) in [6.45, 7) is 9.38. The minimum absolute atomic E-state index is 0.0598. The lowest BCUT2D eigenvalue weighted by atomic mass is 10.2. The first-order chi connectivity index (χ1) is 15.0. The second kappa shape index (κ2) is 9.26. The van der Waals surface area contributed by atoms with Gasteiger partial charge in [0.15, 0.2) is 0 Å². The van der Waals surface area contributed by atoms with E-state index in [2.05, 4.69) is 32.0 Å². The number of nitrogens with zero attached hydrogens (tertiary/aromatic N) is 5. The molecule has 31 heavy (non-hydrogen) atoms. The van der Waals surface area contributed by atoms with Crippen LogP contribution >= 0.6 is 0 Å². The number of hydrogen-bond donors (Lipinski definition) is 1. The highest BCUT2D eigenvalue weighted by Gasteiger charge is 2.16. The number of carbonyl (C=O) groups is 1. The van der Waals surface area contributed by atoms with Crippen molar-refractivity contribution in [1.82, 2.24) is 24.8 Å². The molecule has 162 valence electrons. The molecule has 8 heteroatoms. The molecular formula is C23H28N6O2. The number of piperazine rings is 1. The predicted molar refractivity (Wildman–Crippen MR) is 121 cm³/mol. The summed E-state index contributed by atoms with van der Waals surface area (Å²) in [5, 5.41) is 3.39. The number of rotatable bonds is 6. The molecule has 0 spiro atoms. The Kier molecular flexibility index (Phi) is 6.27. The molecule has 1 N–H and O–H groups in total. The zero-order valence-electron chi connectivity index (χ0n) is 18.0. The lowest BCUT2D eigenvalue weighted by molar-refractivity contribution is -0.121. The van der Waals surface area contributed by atoms with Gasteiger partial charge in [-0.3, -0.25) is 14.2 Å². The third kappa shape index (κ3) is 4.74. The van der Waals surface area contributed by atoms with Crippen LogP contribution < -0.4 is 15.8 Å². The summed E-state index contributed by atoms with van der Waals surface area (Å²) in [6, 6.07) is 11.2. The summed E-state index contributed by atoms with van der Waals surface area (Å²) in [4.78, 5) is 38.9. The number of fused-ring (bicyclic) bond motifs is 1. The van der Waals surface area contributed by atoms with E-state index in [0.29, 0.717) is 23.3 Å². The first-order valence-electron chi connectivity index (χ1n) is 10.7. The number of hydrogen-bond acceptors (Lipinski definition) is 6. The normalized spacial score (nSPS) is 14.7. The molecular weight excluding hydrogens is 392 g/mol. The van der Waals surface area contributed by atoms with Crippen molar-refractivity contribution >= 4 is 22.6 Å². The van der Waals surface area contributed by atoms with Gasteiger partial charge < -0.3 is 15.1 Å². The van der Waals surface area contributed by atoms with Crippen LogP contribution in [0, 0.1) is 6.92 Å². The van der Waals surface area contributed by atoms with E-state index < -0.39 is 0 Å². The first-order valence-corrected chi connectivity index (χ1v) is 10.7. The summed E-state index contributed by atoms with van der Waals surface area (Å²) in [5.74, 6) is 1.25. The molecule has 1 aliphatic heterocycles. The molecule has 0 bridgehead atoms. The van der Waals surface area contributed by atoms with Crippen LogP contribution in [0.3, 0.4) is 0 Å². The maximum Gasteiger partial charge on any atom is 0.261 e. The molecule has 1 aliphatic rings. The van der Waals surface area contributed by atoms with Gasteiger partial charge in [0.05, 0.1) is 10.9 Å². The van der Waals surface area contributed by atoms with E-state index in [4.69, 9.17) is 0 Å². The number of para-hydroxylation sites is 1. The highest BCUT2D eigenvalue weighted by Crippen LogP contribution is 2.14. The number of benzene rings is 1. The second-order valence-corrected chi connectivity index (χ2v) is 7.79. The third-order valence-electron chi connectivity index (χ3n) is 5.80. The van der Waals surface area contributed by atoms with Gasteiger partial charge in [-0.25, -0.2) is 9.97 Å². The zero-order chi connectivity index (χ0) is 21.8. The van der Waals surface area contributed by atoms with Gasteiger partial charge in [-0.1, -0.05) is 25.1 Å². The van der Waals surface area contributed by atoms with E-state index in [1.54, 1.807) is 31.3 Å². The molecule has 0 radical (unpaired) electrons. The zero-order valence-corrected chi connectivity index (χ0v) is 18.0. The molecule has 0 atom stereocenters. The Balaban J connectivity index is 1.35. The van der Waals surface area contributed by atoms with Crippen LogP contribution in [0.2, 0.25) is 0 Å². The van der Waals surface area contributed by atoms with Gasteiger partial charge in [0.25, 0.3) is 5.56 Å². The average Bonchev–Trinajstić information content (AvgIpc) is 2.81. The molecule has 1 saturated heterocycles. The standard InChI is InChI=1S/C23H28N6O2/c1-3-27-10-12-28(13-11-27)21-9-8-18(14-24-21)15-25-22(30)16-29-17(2)26-20-7-5-4-6-19(20)23(29)31/h4-9,14H,3,10-13,15-16H2,1-2H3,(H,25,30). The first kappa shape index (κ1) is 21.0. The summed E-state index contributed by atoms with van der Waals surface area (Å²) in [7, 11) is 0. The van der Waals surface area contributed by atoms with Gasteiger partial charge >= 0.3 is 0 Å². The number of likely N-dealkylation sites (N-methyl/N-ethyl adjacent to an activating group) is 1. The Morgan fingerprint density at radius 3 is 2.58 bits per heavy atom. The lowest BCUT2D eigenvalue weighted by Crippen LogP contribution is -2.46. The van der Waals surface area contributed by atoms with Crippen molar-refractivity contribution in [1.29, 1.82) is 0 Å². The molecule has 1 aromatic carbocycles. The Bertz CT molecular complexity index is 1120. The number of aryl methyl sites for hydroxylation is 1.